The first-order chi connectivity index (χ1) is 14.3. The lowest BCUT2D eigenvalue weighted by molar-refractivity contribution is -0.131. The van der Waals surface area contributed by atoms with Crippen molar-refractivity contribution < 1.29 is 9.18 Å². The number of aryl methyl sites for hydroxylation is 1. The Hall–Kier alpha value is -2.67. The van der Waals surface area contributed by atoms with Crippen molar-refractivity contribution in [2.45, 2.75) is 51.9 Å². The van der Waals surface area contributed by atoms with Gasteiger partial charge in [-0.1, -0.05) is 42.1 Å². The maximum Gasteiger partial charge on any atom is 0.233 e. The number of para-hydroxylation sites is 1. The minimum atomic E-state index is -0.363. The molecule has 30 heavy (non-hydrogen) atoms. The molecule has 5 nitrogen and oxygen atoms in total. The van der Waals surface area contributed by atoms with Crippen LogP contribution in [-0.4, -0.2) is 43.4 Å². The summed E-state index contributed by atoms with van der Waals surface area (Å²) >= 11 is 1.32. The lowest BCUT2D eigenvalue weighted by Gasteiger charge is -2.30. The zero-order valence-electron chi connectivity index (χ0n) is 18.0. The molecular formula is C23H27FN4OS. The third-order valence-corrected chi connectivity index (χ3v) is 5.74. The van der Waals surface area contributed by atoms with Crippen molar-refractivity contribution in [3.8, 4) is 17.1 Å². The van der Waals surface area contributed by atoms with Crippen LogP contribution in [0.1, 0.15) is 33.3 Å². The second-order valence-electron chi connectivity index (χ2n) is 7.69. The minimum absolute atomic E-state index is 0.0387. The number of benzene rings is 2. The van der Waals surface area contributed by atoms with E-state index in [1.165, 1.54) is 17.8 Å². The highest BCUT2D eigenvalue weighted by Gasteiger charge is 2.23. The monoisotopic (exact) mass is 426 g/mol. The van der Waals surface area contributed by atoms with E-state index in [9.17, 15) is 9.18 Å². The number of aromatic nitrogens is 3. The highest BCUT2D eigenvalue weighted by molar-refractivity contribution is 7.99. The molecule has 1 aromatic heterocycles. The Balaban J connectivity index is 2.01. The number of halogens is 1. The van der Waals surface area contributed by atoms with Crippen LogP contribution in [0.25, 0.3) is 17.1 Å². The fourth-order valence-corrected chi connectivity index (χ4v) is 4.40. The van der Waals surface area contributed by atoms with E-state index in [-0.39, 0.29) is 29.6 Å². The van der Waals surface area contributed by atoms with Crippen molar-refractivity contribution in [3.05, 3.63) is 59.9 Å². The van der Waals surface area contributed by atoms with Crippen molar-refractivity contribution in [3.63, 3.8) is 0 Å². The highest BCUT2D eigenvalue weighted by Crippen LogP contribution is 2.31. The first-order valence-corrected chi connectivity index (χ1v) is 11.0. The number of amides is 1. The molecule has 0 radical (unpaired) electrons. The number of carbonyl (C=O) groups is 1. The largest absolute Gasteiger partial charge is 0.337 e. The molecule has 0 aliphatic heterocycles. The van der Waals surface area contributed by atoms with E-state index in [1.807, 2.05) is 68.4 Å². The predicted octanol–water partition coefficient (Wildman–Crippen LogP) is 5.12. The number of carbonyl (C=O) groups excluding carboxylic acids is 1. The van der Waals surface area contributed by atoms with Crippen LogP contribution in [0.5, 0.6) is 0 Å². The van der Waals surface area contributed by atoms with Crippen LogP contribution < -0.4 is 0 Å². The Bertz CT molecular complexity index is 1020. The molecule has 3 aromatic rings. The van der Waals surface area contributed by atoms with Gasteiger partial charge in [-0.05, 0) is 58.4 Å². The van der Waals surface area contributed by atoms with Gasteiger partial charge >= 0.3 is 0 Å². The highest BCUT2D eigenvalue weighted by atomic mass is 32.2. The third kappa shape index (κ3) is 4.56. The summed E-state index contributed by atoms with van der Waals surface area (Å²) in [6.45, 7) is 10.0. The van der Waals surface area contributed by atoms with Crippen molar-refractivity contribution in [1.29, 1.82) is 0 Å². The van der Waals surface area contributed by atoms with Crippen LogP contribution in [0.2, 0.25) is 0 Å². The van der Waals surface area contributed by atoms with Crippen LogP contribution >= 0.6 is 11.8 Å². The molecule has 1 heterocycles. The second kappa shape index (κ2) is 9.43. The van der Waals surface area contributed by atoms with Crippen LogP contribution in [-0.2, 0) is 4.79 Å². The van der Waals surface area contributed by atoms with Crippen molar-refractivity contribution in [1.82, 2.24) is 19.7 Å². The lowest BCUT2D eigenvalue weighted by Crippen LogP contribution is -2.43. The van der Waals surface area contributed by atoms with E-state index in [4.69, 9.17) is 0 Å². The number of rotatable bonds is 7. The quantitative estimate of drug-likeness (QED) is 0.492. The molecular weight excluding hydrogens is 399 g/mol. The van der Waals surface area contributed by atoms with Crippen molar-refractivity contribution in [2.75, 3.05) is 5.75 Å². The summed E-state index contributed by atoms with van der Waals surface area (Å²) in [5.74, 6) is 0.328. The van der Waals surface area contributed by atoms with E-state index >= 15 is 0 Å². The Morgan fingerprint density at radius 1 is 1.03 bits per heavy atom. The molecule has 0 spiro atoms. The molecule has 0 saturated carbocycles. The van der Waals surface area contributed by atoms with E-state index in [0.29, 0.717) is 16.5 Å². The molecule has 7 heteroatoms. The SMILES string of the molecule is Cc1ccccc1-n1c(SCC(=O)N(C(C)C)C(C)C)nnc1-c1ccccc1F. The molecule has 2 aromatic carbocycles. The molecule has 1 amide bonds. The summed E-state index contributed by atoms with van der Waals surface area (Å²) < 4.78 is 16.4. The molecule has 0 N–H and O–H groups in total. The first-order valence-electron chi connectivity index (χ1n) is 10.0. The topological polar surface area (TPSA) is 51.0 Å². The van der Waals surface area contributed by atoms with Crippen LogP contribution in [0.15, 0.2) is 53.7 Å². The summed E-state index contributed by atoms with van der Waals surface area (Å²) in [7, 11) is 0. The van der Waals surface area contributed by atoms with Crippen LogP contribution in [0.4, 0.5) is 4.39 Å². The van der Waals surface area contributed by atoms with Gasteiger partial charge in [0.25, 0.3) is 0 Å². The standard InChI is InChI=1S/C23H27FN4OS/c1-15(2)27(16(3)4)21(29)14-30-23-26-25-22(18-11-7-8-12-19(18)24)28(23)20-13-9-6-10-17(20)5/h6-13,15-16H,14H2,1-5H3. The minimum Gasteiger partial charge on any atom is -0.337 e. The Morgan fingerprint density at radius 3 is 2.30 bits per heavy atom. The molecule has 0 aliphatic carbocycles. The Morgan fingerprint density at radius 2 is 1.67 bits per heavy atom. The summed E-state index contributed by atoms with van der Waals surface area (Å²) in [4.78, 5) is 14.7. The van der Waals surface area contributed by atoms with Gasteiger partial charge in [0.2, 0.25) is 5.91 Å². The van der Waals surface area contributed by atoms with Gasteiger partial charge in [0.1, 0.15) is 5.82 Å². The van der Waals surface area contributed by atoms with Gasteiger partial charge < -0.3 is 4.90 Å². The number of hydrogen-bond donors (Lipinski definition) is 0. The normalized spacial score (nSPS) is 11.3. The molecule has 0 atom stereocenters. The Labute approximate surface area is 181 Å². The fourth-order valence-electron chi connectivity index (χ4n) is 3.58. The predicted molar refractivity (Wildman–Crippen MR) is 119 cm³/mol. The van der Waals surface area contributed by atoms with E-state index in [2.05, 4.69) is 10.2 Å². The molecule has 0 bridgehead atoms. The molecule has 3 rings (SSSR count). The fraction of sp³-hybridized carbons (Fsp3) is 0.348. The zero-order valence-corrected chi connectivity index (χ0v) is 18.8. The van der Waals surface area contributed by atoms with Gasteiger partial charge in [-0.25, -0.2) is 4.39 Å². The average Bonchev–Trinajstić information content (AvgIpc) is 3.10. The summed E-state index contributed by atoms with van der Waals surface area (Å²) in [6, 6.07) is 14.5. The lowest BCUT2D eigenvalue weighted by atomic mass is 10.1. The second-order valence-corrected chi connectivity index (χ2v) is 8.63. The van der Waals surface area contributed by atoms with Gasteiger partial charge in [-0.3, -0.25) is 9.36 Å². The van der Waals surface area contributed by atoms with Gasteiger partial charge in [-0.15, -0.1) is 10.2 Å². The summed E-state index contributed by atoms with van der Waals surface area (Å²) in [5, 5.41) is 9.15. The Kier molecular flexibility index (Phi) is 6.92. The molecule has 0 unspecified atom stereocenters. The van der Waals surface area contributed by atoms with Crippen LogP contribution in [0.3, 0.4) is 0 Å². The molecule has 158 valence electrons. The molecule has 0 fully saturated rings. The van der Waals surface area contributed by atoms with Crippen LogP contribution in [0, 0.1) is 12.7 Å². The van der Waals surface area contributed by atoms with E-state index in [1.54, 1.807) is 18.2 Å². The zero-order chi connectivity index (χ0) is 21.8. The van der Waals surface area contributed by atoms with E-state index in [0.717, 1.165) is 11.3 Å². The molecule has 0 saturated heterocycles. The maximum absolute atomic E-state index is 14.5. The van der Waals surface area contributed by atoms with Gasteiger partial charge in [0.15, 0.2) is 11.0 Å². The number of nitrogens with zero attached hydrogens (tertiary/aromatic N) is 4. The first kappa shape index (κ1) is 22.0. The van der Waals surface area contributed by atoms with Gasteiger partial charge in [0.05, 0.1) is 17.0 Å². The molecule has 0 aliphatic rings. The van der Waals surface area contributed by atoms with Gasteiger partial charge in [-0.2, -0.15) is 0 Å². The van der Waals surface area contributed by atoms with Crippen molar-refractivity contribution >= 4 is 17.7 Å². The van der Waals surface area contributed by atoms with E-state index < -0.39 is 0 Å². The summed E-state index contributed by atoms with van der Waals surface area (Å²) in [5.41, 5.74) is 2.24. The maximum atomic E-state index is 14.5. The van der Waals surface area contributed by atoms with Crippen molar-refractivity contribution in [2.24, 2.45) is 0 Å². The van der Waals surface area contributed by atoms with Gasteiger partial charge in [0, 0.05) is 12.1 Å². The third-order valence-electron chi connectivity index (χ3n) is 4.83. The number of hydrogen-bond acceptors (Lipinski definition) is 4. The summed E-state index contributed by atoms with van der Waals surface area (Å²) in [6.07, 6.45) is 0. The smallest absolute Gasteiger partial charge is 0.233 e. The average molecular weight is 427 g/mol. The number of thioether (sulfide) groups is 1.